The van der Waals surface area contributed by atoms with Gasteiger partial charge in [-0.1, -0.05) is 6.92 Å². The van der Waals surface area contributed by atoms with Crippen molar-refractivity contribution in [3.63, 3.8) is 0 Å². The number of carbonyl (C=O) groups excluding carboxylic acids is 1. The predicted molar refractivity (Wildman–Crippen MR) is 101 cm³/mol. The molecular formula is C19H23N5OS. The first kappa shape index (κ1) is 17.1. The zero-order chi connectivity index (χ0) is 18.3. The summed E-state index contributed by atoms with van der Waals surface area (Å²) in [5.74, 6) is 0.841. The van der Waals surface area contributed by atoms with Crippen molar-refractivity contribution < 1.29 is 4.79 Å². The molecule has 0 aromatic carbocycles. The van der Waals surface area contributed by atoms with E-state index in [-0.39, 0.29) is 11.9 Å². The Balaban J connectivity index is 1.53. The fourth-order valence-electron chi connectivity index (χ4n) is 4.03. The minimum atomic E-state index is 0.218. The van der Waals surface area contributed by atoms with Crippen molar-refractivity contribution in [3.8, 4) is 0 Å². The first-order valence-electron chi connectivity index (χ1n) is 9.11. The van der Waals surface area contributed by atoms with E-state index < -0.39 is 0 Å². The molecule has 26 heavy (non-hydrogen) atoms. The van der Waals surface area contributed by atoms with E-state index >= 15 is 0 Å². The van der Waals surface area contributed by atoms with Crippen LogP contribution >= 0.6 is 11.3 Å². The molecule has 0 N–H and O–H groups in total. The molecule has 4 heterocycles. The molecular weight excluding hydrogens is 346 g/mol. The van der Waals surface area contributed by atoms with Crippen LogP contribution in [0.2, 0.25) is 0 Å². The number of fused-ring (bicyclic) bond motifs is 2. The lowest BCUT2D eigenvalue weighted by molar-refractivity contribution is -0.134. The third kappa shape index (κ3) is 2.80. The van der Waals surface area contributed by atoms with Crippen LogP contribution in [0.15, 0.2) is 17.8 Å². The van der Waals surface area contributed by atoms with Crippen molar-refractivity contribution in [1.82, 2.24) is 24.5 Å². The lowest BCUT2D eigenvalue weighted by Crippen LogP contribution is -2.39. The smallest absolute Gasteiger partial charge is 0.252 e. The molecule has 1 aliphatic rings. The number of amides is 1. The SMILES string of the molecule is CC[C@H]1c2ccsc2CCN1C(=O)CCc1c(C)nc2ncnn2c1C. The molecule has 7 heteroatoms. The van der Waals surface area contributed by atoms with E-state index in [1.165, 1.54) is 16.8 Å². The molecule has 3 aromatic heterocycles. The summed E-state index contributed by atoms with van der Waals surface area (Å²) < 4.78 is 1.75. The Hall–Kier alpha value is -2.28. The molecule has 0 aliphatic carbocycles. The summed E-state index contributed by atoms with van der Waals surface area (Å²) in [5, 5.41) is 6.38. The molecule has 1 aliphatic heterocycles. The molecule has 6 nitrogen and oxygen atoms in total. The first-order chi connectivity index (χ1) is 12.6. The van der Waals surface area contributed by atoms with Gasteiger partial charge in [-0.25, -0.2) is 9.50 Å². The quantitative estimate of drug-likeness (QED) is 0.708. The third-order valence-corrected chi connectivity index (χ3v) is 6.38. The maximum atomic E-state index is 13.0. The average molecular weight is 369 g/mol. The second-order valence-electron chi connectivity index (χ2n) is 6.79. The molecule has 1 atom stereocenters. The second kappa shape index (κ2) is 6.79. The number of hydrogen-bond acceptors (Lipinski definition) is 5. The van der Waals surface area contributed by atoms with Crippen LogP contribution in [0.5, 0.6) is 0 Å². The van der Waals surface area contributed by atoms with Crippen molar-refractivity contribution in [3.05, 3.63) is 45.2 Å². The van der Waals surface area contributed by atoms with Crippen LogP contribution in [-0.2, 0) is 17.6 Å². The summed E-state index contributed by atoms with van der Waals surface area (Å²) in [6.45, 7) is 6.98. The minimum Gasteiger partial charge on any atom is -0.335 e. The van der Waals surface area contributed by atoms with Crippen molar-refractivity contribution >= 4 is 23.0 Å². The van der Waals surface area contributed by atoms with Crippen LogP contribution in [0.3, 0.4) is 0 Å². The van der Waals surface area contributed by atoms with Crippen molar-refractivity contribution in [2.75, 3.05) is 6.54 Å². The molecule has 0 unspecified atom stereocenters. The number of carbonyl (C=O) groups is 1. The Morgan fingerprint density at radius 3 is 3.04 bits per heavy atom. The van der Waals surface area contributed by atoms with Gasteiger partial charge in [0.1, 0.15) is 6.33 Å². The highest BCUT2D eigenvalue weighted by atomic mass is 32.1. The first-order valence-corrected chi connectivity index (χ1v) is 9.99. The third-order valence-electron chi connectivity index (χ3n) is 5.38. The molecule has 0 saturated heterocycles. The van der Waals surface area contributed by atoms with Crippen LogP contribution in [0.25, 0.3) is 5.78 Å². The summed E-state index contributed by atoms with van der Waals surface area (Å²) in [6.07, 6.45) is 4.63. The maximum absolute atomic E-state index is 13.0. The highest BCUT2D eigenvalue weighted by molar-refractivity contribution is 7.10. The molecule has 1 amide bonds. The summed E-state index contributed by atoms with van der Waals surface area (Å²) >= 11 is 1.81. The van der Waals surface area contributed by atoms with Gasteiger partial charge in [-0.3, -0.25) is 4.79 Å². The Morgan fingerprint density at radius 1 is 1.38 bits per heavy atom. The molecule has 3 aromatic rings. The molecule has 4 rings (SSSR count). The Bertz CT molecular complexity index is 960. The second-order valence-corrected chi connectivity index (χ2v) is 7.79. The monoisotopic (exact) mass is 369 g/mol. The summed E-state index contributed by atoms with van der Waals surface area (Å²) in [6, 6.07) is 2.40. The van der Waals surface area contributed by atoms with E-state index in [0.717, 1.165) is 36.3 Å². The van der Waals surface area contributed by atoms with Crippen LogP contribution in [0, 0.1) is 13.8 Å². The number of aromatic nitrogens is 4. The highest BCUT2D eigenvalue weighted by Crippen LogP contribution is 2.35. The molecule has 0 radical (unpaired) electrons. The average Bonchev–Trinajstić information content (AvgIpc) is 3.29. The maximum Gasteiger partial charge on any atom is 0.252 e. The van der Waals surface area contributed by atoms with E-state index in [2.05, 4.69) is 38.3 Å². The van der Waals surface area contributed by atoms with Gasteiger partial charge in [0, 0.05) is 29.2 Å². The Kier molecular flexibility index (Phi) is 4.48. The fourth-order valence-corrected chi connectivity index (χ4v) is 4.96. The van der Waals surface area contributed by atoms with Crippen LogP contribution in [0.1, 0.15) is 53.2 Å². The normalized spacial score (nSPS) is 16.9. The van der Waals surface area contributed by atoms with Gasteiger partial charge in [0.25, 0.3) is 5.78 Å². The van der Waals surface area contributed by atoms with E-state index in [0.29, 0.717) is 18.6 Å². The number of aryl methyl sites for hydroxylation is 2. The van der Waals surface area contributed by atoms with Gasteiger partial charge in [-0.2, -0.15) is 10.1 Å². The summed E-state index contributed by atoms with van der Waals surface area (Å²) in [7, 11) is 0. The van der Waals surface area contributed by atoms with Gasteiger partial charge >= 0.3 is 0 Å². The van der Waals surface area contributed by atoms with Crippen molar-refractivity contribution in [2.45, 2.75) is 52.5 Å². The van der Waals surface area contributed by atoms with Gasteiger partial charge < -0.3 is 4.90 Å². The number of hydrogen-bond donors (Lipinski definition) is 0. The Morgan fingerprint density at radius 2 is 2.23 bits per heavy atom. The molecule has 136 valence electrons. The molecule has 0 spiro atoms. The zero-order valence-corrected chi connectivity index (χ0v) is 16.2. The van der Waals surface area contributed by atoms with Crippen molar-refractivity contribution in [1.29, 1.82) is 0 Å². The summed E-state index contributed by atoms with van der Waals surface area (Å²) in [5.41, 5.74) is 4.39. The van der Waals surface area contributed by atoms with Gasteiger partial charge in [0.05, 0.1) is 6.04 Å². The molecule has 0 bridgehead atoms. The number of rotatable bonds is 4. The largest absolute Gasteiger partial charge is 0.335 e. The van der Waals surface area contributed by atoms with Crippen LogP contribution in [-0.4, -0.2) is 36.9 Å². The van der Waals surface area contributed by atoms with Crippen LogP contribution < -0.4 is 0 Å². The standard InChI is InChI=1S/C19H23N5OS/c1-4-16-15-8-10-26-17(15)7-9-23(16)18(25)6-5-14-12(2)22-19-20-11-21-24(19)13(14)3/h8,10-11,16H,4-7,9H2,1-3H3/t16-/m0/s1. The minimum absolute atomic E-state index is 0.218. The fraction of sp³-hybridized carbons (Fsp3) is 0.474. The van der Waals surface area contributed by atoms with E-state index in [4.69, 9.17) is 0 Å². The summed E-state index contributed by atoms with van der Waals surface area (Å²) in [4.78, 5) is 25.2. The highest BCUT2D eigenvalue weighted by Gasteiger charge is 2.30. The Labute approximate surface area is 156 Å². The van der Waals surface area contributed by atoms with E-state index in [1.807, 2.05) is 25.2 Å². The number of nitrogens with zero attached hydrogens (tertiary/aromatic N) is 5. The van der Waals surface area contributed by atoms with Gasteiger partial charge in [0.2, 0.25) is 5.91 Å². The predicted octanol–water partition coefficient (Wildman–Crippen LogP) is 3.27. The van der Waals surface area contributed by atoms with Crippen LogP contribution in [0.4, 0.5) is 0 Å². The zero-order valence-electron chi connectivity index (χ0n) is 15.4. The lowest BCUT2D eigenvalue weighted by atomic mass is 9.96. The van der Waals surface area contributed by atoms with E-state index in [9.17, 15) is 4.79 Å². The topological polar surface area (TPSA) is 63.4 Å². The molecule has 0 fully saturated rings. The number of thiophene rings is 1. The molecule has 0 saturated carbocycles. The van der Waals surface area contributed by atoms with Gasteiger partial charge in [-0.15, -0.1) is 11.3 Å². The van der Waals surface area contributed by atoms with E-state index in [1.54, 1.807) is 4.52 Å². The van der Waals surface area contributed by atoms with Crippen molar-refractivity contribution in [2.24, 2.45) is 0 Å². The van der Waals surface area contributed by atoms with Gasteiger partial charge in [0.15, 0.2) is 0 Å². The van der Waals surface area contributed by atoms with Gasteiger partial charge in [-0.05, 0) is 55.7 Å². The lowest BCUT2D eigenvalue weighted by Gasteiger charge is -2.35.